The minimum atomic E-state index is -1.00. The van der Waals surface area contributed by atoms with Crippen LogP contribution in [0.25, 0.3) is 0 Å². The van der Waals surface area contributed by atoms with Crippen LogP contribution in [-0.4, -0.2) is 30.8 Å². The summed E-state index contributed by atoms with van der Waals surface area (Å²) in [6.45, 7) is 2.97. The van der Waals surface area contributed by atoms with Crippen molar-refractivity contribution in [3.8, 4) is 5.75 Å². The number of rotatable bonds is 7. The minimum Gasteiger partial charge on any atom is -0.496 e. The molecule has 0 aliphatic rings. The van der Waals surface area contributed by atoms with Crippen molar-refractivity contribution < 1.29 is 19.4 Å². The third kappa shape index (κ3) is 4.01. The normalized spacial score (nSPS) is 12.2. The van der Waals surface area contributed by atoms with E-state index >= 15 is 0 Å². The van der Waals surface area contributed by atoms with Crippen LogP contribution in [0.4, 0.5) is 0 Å². The molecule has 5 heteroatoms. The summed E-state index contributed by atoms with van der Waals surface area (Å²) in [5.74, 6) is -0.270. The molecule has 0 radical (unpaired) electrons. The number of methoxy groups -OCH3 is 1. The van der Waals surface area contributed by atoms with Gasteiger partial charge in [-0.2, -0.15) is 0 Å². The zero-order valence-electron chi connectivity index (χ0n) is 10.7. The highest BCUT2D eigenvalue weighted by molar-refractivity contribution is 5.73. The lowest BCUT2D eigenvalue weighted by Gasteiger charge is -2.12. The topological polar surface area (TPSA) is 81.8 Å². The van der Waals surface area contributed by atoms with Gasteiger partial charge in [0.25, 0.3) is 0 Å². The van der Waals surface area contributed by atoms with E-state index in [1.165, 1.54) is 0 Å². The predicted octanol–water partition coefficient (Wildman–Crippen LogP) is 1.19. The predicted molar refractivity (Wildman–Crippen MR) is 67.6 cm³/mol. The maximum absolute atomic E-state index is 10.7. The molecule has 0 aliphatic carbocycles. The number of aliphatic carboxylic acids is 1. The molecule has 1 aromatic carbocycles. The van der Waals surface area contributed by atoms with Crippen molar-refractivity contribution in [2.24, 2.45) is 5.73 Å². The lowest BCUT2D eigenvalue weighted by Crippen LogP contribution is -2.32. The third-order valence-electron chi connectivity index (χ3n) is 2.58. The van der Waals surface area contributed by atoms with Crippen molar-refractivity contribution >= 4 is 5.97 Å². The Morgan fingerprint density at radius 2 is 2.22 bits per heavy atom. The zero-order chi connectivity index (χ0) is 13.5. The van der Waals surface area contributed by atoms with E-state index in [-0.39, 0.29) is 0 Å². The maximum atomic E-state index is 10.7. The van der Waals surface area contributed by atoms with Gasteiger partial charge in [0.2, 0.25) is 0 Å². The quantitative estimate of drug-likeness (QED) is 0.762. The molecule has 18 heavy (non-hydrogen) atoms. The average Bonchev–Trinajstić information content (AvgIpc) is 2.36. The van der Waals surface area contributed by atoms with Crippen molar-refractivity contribution in [1.82, 2.24) is 0 Å². The molecule has 0 aliphatic heterocycles. The van der Waals surface area contributed by atoms with Gasteiger partial charge in [-0.05, 0) is 31.0 Å². The second kappa shape index (κ2) is 6.98. The Morgan fingerprint density at radius 3 is 2.78 bits per heavy atom. The summed E-state index contributed by atoms with van der Waals surface area (Å²) in [6, 6.07) is 4.60. The number of carboxylic acid groups (broad SMARTS) is 1. The van der Waals surface area contributed by atoms with E-state index in [9.17, 15) is 4.79 Å². The van der Waals surface area contributed by atoms with Crippen LogP contribution in [0.5, 0.6) is 5.75 Å². The van der Waals surface area contributed by atoms with E-state index in [0.29, 0.717) is 19.6 Å². The number of carboxylic acids is 1. The fraction of sp³-hybridized carbons (Fsp3) is 0.462. The first-order chi connectivity index (χ1) is 8.58. The van der Waals surface area contributed by atoms with E-state index < -0.39 is 12.0 Å². The molecule has 0 spiro atoms. The molecule has 0 fully saturated rings. The van der Waals surface area contributed by atoms with Crippen LogP contribution in [0.1, 0.15) is 18.1 Å². The molecule has 1 rings (SSSR count). The third-order valence-corrected chi connectivity index (χ3v) is 2.58. The van der Waals surface area contributed by atoms with Gasteiger partial charge in [-0.15, -0.1) is 0 Å². The molecule has 0 heterocycles. The summed E-state index contributed by atoms with van der Waals surface area (Å²) in [4.78, 5) is 10.7. The fourth-order valence-corrected chi connectivity index (χ4v) is 1.62. The van der Waals surface area contributed by atoms with Gasteiger partial charge in [0.05, 0.1) is 13.7 Å². The Bertz CT molecular complexity index is 406. The molecule has 1 atom stereocenters. The van der Waals surface area contributed by atoms with Crippen LogP contribution >= 0.6 is 0 Å². The van der Waals surface area contributed by atoms with Gasteiger partial charge in [-0.25, -0.2) is 0 Å². The van der Waals surface area contributed by atoms with E-state index in [2.05, 4.69) is 0 Å². The molecule has 3 N–H and O–H groups in total. The summed E-state index contributed by atoms with van der Waals surface area (Å²) in [7, 11) is 1.59. The second-order valence-electron chi connectivity index (χ2n) is 3.93. The van der Waals surface area contributed by atoms with Crippen LogP contribution < -0.4 is 10.5 Å². The van der Waals surface area contributed by atoms with Crippen molar-refractivity contribution in [2.45, 2.75) is 26.0 Å². The Kier molecular flexibility index (Phi) is 5.61. The number of hydrogen-bond acceptors (Lipinski definition) is 4. The standard InChI is InChI=1S/C13H19NO4/c1-3-18-8-10-6-9(4-5-12(10)17-2)7-11(14)13(15)16/h4-6,11H,3,7-8,14H2,1-2H3,(H,15,16). The highest BCUT2D eigenvalue weighted by atomic mass is 16.5. The highest BCUT2D eigenvalue weighted by Gasteiger charge is 2.13. The van der Waals surface area contributed by atoms with Crippen LogP contribution in [0.2, 0.25) is 0 Å². The monoisotopic (exact) mass is 253 g/mol. The summed E-state index contributed by atoms with van der Waals surface area (Å²) in [5.41, 5.74) is 7.27. The minimum absolute atomic E-state index is 0.290. The van der Waals surface area contributed by atoms with Crippen LogP contribution in [-0.2, 0) is 22.6 Å². The molecular weight excluding hydrogens is 234 g/mol. The van der Waals surface area contributed by atoms with Gasteiger partial charge in [-0.1, -0.05) is 6.07 Å². The lowest BCUT2D eigenvalue weighted by molar-refractivity contribution is -0.138. The molecule has 5 nitrogen and oxygen atoms in total. The van der Waals surface area contributed by atoms with E-state index in [0.717, 1.165) is 16.9 Å². The second-order valence-corrected chi connectivity index (χ2v) is 3.93. The number of nitrogens with two attached hydrogens (primary N) is 1. The highest BCUT2D eigenvalue weighted by Crippen LogP contribution is 2.21. The van der Waals surface area contributed by atoms with Crippen molar-refractivity contribution in [2.75, 3.05) is 13.7 Å². The van der Waals surface area contributed by atoms with E-state index in [1.54, 1.807) is 13.2 Å². The molecule has 1 aromatic rings. The Balaban J connectivity index is 2.84. The molecule has 0 bridgehead atoms. The zero-order valence-corrected chi connectivity index (χ0v) is 10.7. The molecule has 0 aromatic heterocycles. The molecule has 0 amide bonds. The summed E-state index contributed by atoms with van der Waals surface area (Å²) >= 11 is 0. The molecule has 100 valence electrons. The number of carbonyl (C=O) groups is 1. The average molecular weight is 253 g/mol. The van der Waals surface area contributed by atoms with Crippen LogP contribution in [0.15, 0.2) is 18.2 Å². The van der Waals surface area contributed by atoms with Gasteiger partial charge >= 0.3 is 5.97 Å². The smallest absolute Gasteiger partial charge is 0.320 e. The number of hydrogen-bond donors (Lipinski definition) is 2. The number of ether oxygens (including phenoxy) is 2. The van der Waals surface area contributed by atoms with Crippen molar-refractivity contribution in [3.05, 3.63) is 29.3 Å². The Morgan fingerprint density at radius 1 is 1.50 bits per heavy atom. The fourth-order valence-electron chi connectivity index (χ4n) is 1.62. The SMILES string of the molecule is CCOCc1cc(CC(N)C(=O)O)ccc1OC. The first kappa shape index (κ1) is 14.5. The molecule has 0 saturated carbocycles. The van der Waals surface area contributed by atoms with Crippen LogP contribution in [0, 0.1) is 0 Å². The summed E-state index contributed by atoms with van der Waals surface area (Å²) in [6.07, 6.45) is 0.290. The molecule has 0 saturated heterocycles. The van der Waals surface area contributed by atoms with Gasteiger partial charge in [0.1, 0.15) is 11.8 Å². The maximum Gasteiger partial charge on any atom is 0.320 e. The van der Waals surface area contributed by atoms with Gasteiger partial charge in [0, 0.05) is 12.2 Å². The Labute approximate surface area is 107 Å². The summed E-state index contributed by atoms with van der Waals surface area (Å²) < 4.78 is 10.6. The molecule has 1 unspecified atom stereocenters. The van der Waals surface area contributed by atoms with Crippen molar-refractivity contribution in [1.29, 1.82) is 0 Å². The Hall–Kier alpha value is -1.59. The summed E-state index contributed by atoms with van der Waals surface area (Å²) in [5, 5.41) is 8.78. The first-order valence-electron chi connectivity index (χ1n) is 5.80. The van der Waals surface area contributed by atoms with Crippen molar-refractivity contribution in [3.63, 3.8) is 0 Å². The number of benzene rings is 1. The largest absolute Gasteiger partial charge is 0.496 e. The van der Waals surface area contributed by atoms with Crippen LogP contribution in [0.3, 0.4) is 0 Å². The van der Waals surface area contributed by atoms with Gasteiger partial charge < -0.3 is 20.3 Å². The van der Waals surface area contributed by atoms with Gasteiger partial charge in [0.15, 0.2) is 0 Å². The van der Waals surface area contributed by atoms with E-state index in [1.807, 2.05) is 19.1 Å². The van der Waals surface area contributed by atoms with Gasteiger partial charge in [-0.3, -0.25) is 4.79 Å². The lowest BCUT2D eigenvalue weighted by atomic mass is 10.0. The van der Waals surface area contributed by atoms with E-state index in [4.69, 9.17) is 20.3 Å². The molecular formula is C13H19NO4. The first-order valence-corrected chi connectivity index (χ1v) is 5.80.